The van der Waals surface area contributed by atoms with E-state index in [2.05, 4.69) is 0 Å². The Kier molecular flexibility index (Phi) is 5.08. The minimum absolute atomic E-state index is 0.365. The van der Waals surface area contributed by atoms with E-state index in [1.807, 2.05) is 13.8 Å². The summed E-state index contributed by atoms with van der Waals surface area (Å²) in [5, 5.41) is 8.87. The van der Waals surface area contributed by atoms with Crippen LogP contribution in [-0.2, 0) is 9.53 Å². The molecule has 1 fully saturated rings. The van der Waals surface area contributed by atoms with Gasteiger partial charge >= 0.3 is 5.97 Å². The standard InChI is InChI=1S/C11H21NO3S/c1-11(2,9(12)10(13)14)16-7-5-8-4-3-6-15-8/h8-9H,3-7,12H2,1-2H3,(H,13,14)/t8?,9-/m1/s1. The average Bonchev–Trinajstić information content (AvgIpc) is 2.69. The van der Waals surface area contributed by atoms with Gasteiger partial charge in [-0.15, -0.1) is 0 Å². The van der Waals surface area contributed by atoms with Gasteiger partial charge in [-0.2, -0.15) is 11.8 Å². The summed E-state index contributed by atoms with van der Waals surface area (Å²) >= 11 is 1.62. The van der Waals surface area contributed by atoms with Crippen LogP contribution in [0.1, 0.15) is 33.1 Å². The first-order valence-corrected chi connectivity index (χ1v) is 6.66. The van der Waals surface area contributed by atoms with E-state index in [4.69, 9.17) is 15.6 Å². The fourth-order valence-corrected chi connectivity index (χ4v) is 2.90. The van der Waals surface area contributed by atoms with Crippen LogP contribution < -0.4 is 5.73 Å². The average molecular weight is 247 g/mol. The molecule has 0 aromatic heterocycles. The molecule has 0 saturated carbocycles. The maximum absolute atomic E-state index is 10.8. The summed E-state index contributed by atoms with van der Waals surface area (Å²) < 4.78 is 5.09. The molecular weight excluding hydrogens is 226 g/mol. The molecule has 0 bridgehead atoms. The van der Waals surface area contributed by atoms with Crippen molar-refractivity contribution in [2.75, 3.05) is 12.4 Å². The molecule has 0 amide bonds. The van der Waals surface area contributed by atoms with Crippen LogP contribution in [0.25, 0.3) is 0 Å². The minimum atomic E-state index is -0.936. The van der Waals surface area contributed by atoms with Crippen LogP contribution in [-0.4, -0.2) is 40.3 Å². The summed E-state index contributed by atoms with van der Waals surface area (Å²) in [6.07, 6.45) is 3.63. The Morgan fingerprint density at radius 1 is 1.69 bits per heavy atom. The number of aliphatic carboxylic acids is 1. The summed E-state index contributed by atoms with van der Waals surface area (Å²) in [7, 11) is 0. The Labute approximate surface area is 101 Å². The quantitative estimate of drug-likeness (QED) is 0.744. The van der Waals surface area contributed by atoms with Crippen LogP contribution in [0.2, 0.25) is 0 Å². The summed E-state index contributed by atoms with van der Waals surface area (Å²) in [4.78, 5) is 10.8. The molecule has 1 aliphatic heterocycles. The lowest BCUT2D eigenvalue weighted by Crippen LogP contribution is -2.46. The van der Waals surface area contributed by atoms with Crippen molar-refractivity contribution in [2.45, 2.75) is 50.0 Å². The molecule has 4 nitrogen and oxygen atoms in total. The van der Waals surface area contributed by atoms with E-state index in [-0.39, 0.29) is 0 Å². The molecular formula is C11H21NO3S. The number of rotatable bonds is 6. The van der Waals surface area contributed by atoms with Crippen LogP contribution in [0.4, 0.5) is 0 Å². The molecule has 1 unspecified atom stereocenters. The largest absolute Gasteiger partial charge is 0.480 e. The van der Waals surface area contributed by atoms with Crippen LogP contribution in [0.5, 0.6) is 0 Å². The number of carboxylic acids is 1. The SMILES string of the molecule is CC(C)(SCCC1CCCO1)[C@H](N)C(=O)O. The lowest BCUT2D eigenvalue weighted by molar-refractivity contribution is -0.139. The summed E-state index contributed by atoms with van der Waals surface area (Å²) in [6, 6.07) is -0.818. The number of thioether (sulfide) groups is 1. The van der Waals surface area contributed by atoms with Crippen molar-refractivity contribution in [3.05, 3.63) is 0 Å². The lowest BCUT2D eigenvalue weighted by atomic mass is 10.1. The molecule has 0 radical (unpaired) electrons. The van der Waals surface area contributed by atoms with E-state index in [0.29, 0.717) is 6.10 Å². The predicted molar refractivity (Wildman–Crippen MR) is 65.7 cm³/mol. The molecule has 0 aliphatic carbocycles. The van der Waals surface area contributed by atoms with Gasteiger partial charge in [-0.1, -0.05) is 0 Å². The molecule has 1 rings (SSSR count). The highest BCUT2D eigenvalue weighted by Gasteiger charge is 2.32. The normalized spacial score (nSPS) is 23.3. The maximum atomic E-state index is 10.8. The monoisotopic (exact) mass is 247 g/mol. The van der Waals surface area contributed by atoms with E-state index in [1.165, 1.54) is 0 Å². The topological polar surface area (TPSA) is 72.5 Å². The Balaban J connectivity index is 2.26. The minimum Gasteiger partial charge on any atom is -0.480 e. The fourth-order valence-electron chi connectivity index (χ4n) is 1.71. The zero-order valence-corrected chi connectivity index (χ0v) is 10.8. The zero-order chi connectivity index (χ0) is 12.2. The van der Waals surface area contributed by atoms with Gasteiger partial charge in [-0.05, 0) is 38.9 Å². The summed E-state index contributed by atoms with van der Waals surface area (Å²) in [5.74, 6) is -0.0341. The maximum Gasteiger partial charge on any atom is 0.321 e. The van der Waals surface area contributed by atoms with E-state index in [0.717, 1.165) is 31.6 Å². The van der Waals surface area contributed by atoms with E-state index >= 15 is 0 Å². The van der Waals surface area contributed by atoms with Gasteiger partial charge in [0.05, 0.1) is 6.10 Å². The third-order valence-electron chi connectivity index (χ3n) is 2.95. The fraction of sp³-hybridized carbons (Fsp3) is 0.909. The van der Waals surface area contributed by atoms with Crippen LogP contribution in [0.3, 0.4) is 0 Å². The van der Waals surface area contributed by atoms with Gasteiger partial charge < -0.3 is 15.6 Å². The molecule has 0 aromatic rings. The van der Waals surface area contributed by atoms with Crippen molar-refractivity contribution in [1.29, 1.82) is 0 Å². The molecule has 1 aliphatic rings. The van der Waals surface area contributed by atoms with Crippen molar-refractivity contribution < 1.29 is 14.6 Å². The number of carbonyl (C=O) groups is 1. The van der Waals surface area contributed by atoms with Gasteiger partial charge in [0.15, 0.2) is 0 Å². The van der Waals surface area contributed by atoms with Gasteiger partial charge in [0.2, 0.25) is 0 Å². The second-order valence-electron chi connectivity index (χ2n) is 4.69. The van der Waals surface area contributed by atoms with Crippen LogP contribution >= 0.6 is 11.8 Å². The van der Waals surface area contributed by atoms with Crippen molar-refractivity contribution >= 4 is 17.7 Å². The van der Waals surface area contributed by atoms with E-state index in [9.17, 15) is 4.79 Å². The smallest absolute Gasteiger partial charge is 0.321 e. The predicted octanol–water partition coefficient (Wildman–Crippen LogP) is 1.48. The summed E-state index contributed by atoms with van der Waals surface area (Å²) in [5.41, 5.74) is 5.64. The first kappa shape index (κ1) is 13.8. The van der Waals surface area contributed by atoms with E-state index in [1.54, 1.807) is 11.8 Å². The Morgan fingerprint density at radius 2 is 2.38 bits per heavy atom. The third-order valence-corrected chi connectivity index (χ3v) is 4.39. The molecule has 3 N–H and O–H groups in total. The van der Waals surface area contributed by atoms with Gasteiger partial charge in [0.1, 0.15) is 6.04 Å². The molecule has 0 spiro atoms. The van der Waals surface area contributed by atoms with Crippen molar-refractivity contribution in [3.8, 4) is 0 Å². The number of ether oxygens (including phenoxy) is 1. The molecule has 0 aromatic carbocycles. The van der Waals surface area contributed by atoms with Gasteiger partial charge in [-0.25, -0.2) is 0 Å². The number of hydrogen-bond donors (Lipinski definition) is 2. The number of hydrogen-bond acceptors (Lipinski definition) is 4. The number of nitrogens with two attached hydrogens (primary N) is 1. The van der Waals surface area contributed by atoms with Gasteiger partial charge in [0, 0.05) is 11.4 Å². The Bertz CT molecular complexity index is 239. The van der Waals surface area contributed by atoms with Gasteiger partial charge in [-0.3, -0.25) is 4.79 Å². The first-order valence-electron chi connectivity index (χ1n) is 5.67. The zero-order valence-electron chi connectivity index (χ0n) is 9.94. The molecule has 1 heterocycles. The number of carboxylic acid groups (broad SMARTS) is 1. The summed E-state index contributed by atoms with van der Waals surface area (Å²) in [6.45, 7) is 4.63. The highest BCUT2D eigenvalue weighted by Crippen LogP contribution is 2.29. The molecule has 94 valence electrons. The van der Waals surface area contributed by atoms with Crippen molar-refractivity contribution in [2.24, 2.45) is 5.73 Å². The second-order valence-corrected chi connectivity index (χ2v) is 6.44. The molecule has 16 heavy (non-hydrogen) atoms. The van der Waals surface area contributed by atoms with E-state index < -0.39 is 16.8 Å². The van der Waals surface area contributed by atoms with Crippen molar-refractivity contribution in [3.63, 3.8) is 0 Å². The van der Waals surface area contributed by atoms with Crippen molar-refractivity contribution in [1.82, 2.24) is 0 Å². The van der Waals surface area contributed by atoms with Gasteiger partial charge in [0.25, 0.3) is 0 Å². The molecule has 1 saturated heterocycles. The third kappa shape index (κ3) is 3.96. The molecule has 5 heteroatoms. The highest BCUT2D eigenvalue weighted by atomic mass is 32.2. The Hall–Kier alpha value is -0.260. The second kappa shape index (κ2) is 5.89. The molecule has 2 atom stereocenters. The highest BCUT2D eigenvalue weighted by molar-refractivity contribution is 8.00. The van der Waals surface area contributed by atoms with Crippen LogP contribution in [0.15, 0.2) is 0 Å². The van der Waals surface area contributed by atoms with Crippen LogP contribution in [0, 0.1) is 0 Å². The first-order chi connectivity index (χ1) is 7.43. The Morgan fingerprint density at radius 3 is 2.88 bits per heavy atom. The lowest BCUT2D eigenvalue weighted by Gasteiger charge is -2.28.